The molecule has 1 aromatic rings. The summed E-state index contributed by atoms with van der Waals surface area (Å²) in [5.74, 6) is -0.534. The third-order valence-electron chi connectivity index (χ3n) is 2.26. The number of benzene rings is 1. The van der Waals surface area contributed by atoms with E-state index < -0.39 is 5.91 Å². The zero-order valence-electron chi connectivity index (χ0n) is 10.3. The Balaban J connectivity index is 2.81. The van der Waals surface area contributed by atoms with Crippen LogP contribution in [0.1, 0.15) is 47.9 Å². The summed E-state index contributed by atoms with van der Waals surface area (Å²) in [6.45, 7) is 6.00. The lowest BCUT2D eigenvalue weighted by Crippen LogP contribution is -2.18. The van der Waals surface area contributed by atoms with Gasteiger partial charge in [0, 0.05) is 17.5 Å². The Morgan fingerprint density at radius 1 is 1.12 bits per heavy atom. The fourth-order valence-corrected chi connectivity index (χ4v) is 1.46. The quantitative estimate of drug-likeness (QED) is 0.480. The minimum atomic E-state index is -0.583. The standard InChI is InChI=1S/C13H17NO3/c1-13(2,3)8-11(15)9-4-6-10(7-5-9)12(16)14-17/h4-7,17H,8H2,1-3H3,(H,14,16). The van der Waals surface area contributed by atoms with Crippen molar-refractivity contribution >= 4 is 11.7 Å². The first-order valence-corrected chi connectivity index (χ1v) is 5.41. The van der Waals surface area contributed by atoms with Crippen LogP contribution in [0.2, 0.25) is 0 Å². The molecule has 4 nitrogen and oxygen atoms in total. The second kappa shape index (κ2) is 5.10. The highest BCUT2D eigenvalue weighted by Crippen LogP contribution is 2.21. The number of rotatable bonds is 3. The molecule has 0 spiro atoms. The molecule has 0 atom stereocenters. The van der Waals surface area contributed by atoms with E-state index in [1.807, 2.05) is 20.8 Å². The van der Waals surface area contributed by atoms with Crippen molar-refractivity contribution in [1.82, 2.24) is 5.48 Å². The van der Waals surface area contributed by atoms with Crippen molar-refractivity contribution in [2.75, 3.05) is 0 Å². The van der Waals surface area contributed by atoms with E-state index in [-0.39, 0.29) is 11.2 Å². The summed E-state index contributed by atoms with van der Waals surface area (Å²) in [5.41, 5.74) is 2.38. The number of hydroxylamine groups is 1. The van der Waals surface area contributed by atoms with E-state index in [9.17, 15) is 9.59 Å². The third-order valence-corrected chi connectivity index (χ3v) is 2.26. The molecule has 1 amide bonds. The van der Waals surface area contributed by atoms with Gasteiger partial charge in [-0.05, 0) is 17.5 Å². The van der Waals surface area contributed by atoms with E-state index in [4.69, 9.17) is 5.21 Å². The second-order valence-electron chi connectivity index (χ2n) is 5.18. The molecule has 0 heterocycles. The van der Waals surface area contributed by atoms with Gasteiger partial charge in [-0.1, -0.05) is 32.9 Å². The molecule has 1 rings (SSSR count). The summed E-state index contributed by atoms with van der Waals surface area (Å²) >= 11 is 0. The highest BCUT2D eigenvalue weighted by Gasteiger charge is 2.17. The minimum absolute atomic E-state index is 0.0495. The molecule has 2 N–H and O–H groups in total. The van der Waals surface area contributed by atoms with Crippen molar-refractivity contribution in [3.63, 3.8) is 0 Å². The first-order valence-electron chi connectivity index (χ1n) is 5.41. The van der Waals surface area contributed by atoms with Crippen LogP contribution < -0.4 is 5.48 Å². The molecule has 0 saturated heterocycles. The Hall–Kier alpha value is -1.68. The maximum atomic E-state index is 11.9. The van der Waals surface area contributed by atoms with E-state index in [1.165, 1.54) is 12.1 Å². The highest BCUT2D eigenvalue weighted by molar-refractivity contribution is 5.98. The number of amides is 1. The number of hydrogen-bond acceptors (Lipinski definition) is 3. The van der Waals surface area contributed by atoms with Crippen LogP contribution >= 0.6 is 0 Å². The summed E-state index contributed by atoms with van der Waals surface area (Å²) in [6, 6.07) is 6.22. The van der Waals surface area contributed by atoms with Crippen LogP contribution in [0.3, 0.4) is 0 Å². The van der Waals surface area contributed by atoms with Gasteiger partial charge in [0.1, 0.15) is 0 Å². The molecule has 0 radical (unpaired) electrons. The van der Waals surface area contributed by atoms with Gasteiger partial charge in [-0.25, -0.2) is 5.48 Å². The number of nitrogens with one attached hydrogen (secondary N) is 1. The van der Waals surface area contributed by atoms with Crippen molar-refractivity contribution in [2.45, 2.75) is 27.2 Å². The van der Waals surface area contributed by atoms with Gasteiger partial charge in [0.05, 0.1) is 0 Å². The Bertz CT molecular complexity index is 415. The number of ketones is 1. The average Bonchev–Trinajstić information content (AvgIpc) is 2.26. The fraction of sp³-hybridized carbons (Fsp3) is 0.385. The highest BCUT2D eigenvalue weighted by atomic mass is 16.5. The molecular formula is C13H17NO3. The van der Waals surface area contributed by atoms with Crippen LogP contribution in [0.15, 0.2) is 24.3 Å². The van der Waals surface area contributed by atoms with Gasteiger partial charge >= 0.3 is 0 Å². The Morgan fingerprint density at radius 3 is 2.00 bits per heavy atom. The molecule has 0 aliphatic rings. The van der Waals surface area contributed by atoms with Gasteiger partial charge in [0.2, 0.25) is 0 Å². The molecule has 0 bridgehead atoms. The van der Waals surface area contributed by atoms with Gasteiger partial charge < -0.3 is 0 Å². The molecule has 0 aliphatic heterocycles. The number of carbonyl (C=O) groups excluding carboxylic acids is 2. The van der Waals surface area contributed by atoms with Crippen LogP contribution in [0.4, 0.5) is 0 Å². The summed E-state index contributed by atoms with van der Waals surface area (Å²) < 4.78 is 0. The van der Waals surface area contributed by atoms with Crippen molar-refractivity contribution in [3.05, 3.63) is 35.4 Å². The zero-order chi connectivity index (χ0) is 13.1. The van der Waals surface area contributed by atoms with Gasteiger partial charge in [-0.2, -0.15) is 0 Å². The summed E-state index contributed by atoms with van der Waals surface area (Å²) in [4.78, 5) is 22.9. The van der Waals surface area contributed by atoms with Crippen molar-refractivity contribution < 1.29 is 14.8 Å². The lowest BCUT2D eigenvalue weighted by atomic mass is 9.88. The van der Waals surface area contributed by atoms with Gasteiger partial charge in [0.25, 0.3) is 5.91 Å². The van der Waals surface area contributed by atoms with E-state index in [2.05, 4.69) is 0 Å². The molecule has 0 fully saturated rings. The normalized spacial score (nSPS) is 11.1. The first kappa shape index (κ1) is 13.4. The molecule has 4 heteroatoms. The Labute approximate surface area is 101 Å². The average molecular weight is 235 g/mol. The Morgan fingerprint density at radius 2 is 1.59 bits per heavy atom. The topological polar surface area (TPSA) is 66.4 Å². The fourth-order valence-electron chi connectivity index (χ4n) is 1.46. The van der Waals surface area contributed by atoms with Crippen molar-refractivity contribution in [1.29, 1.82) is 0 Å². The molecule has 0 unspecified atom stereocenters. The largest absolute Gasteiger partial charge is 0.294 e. The molecular weight excluding hydrogens is 218 g/mol. The lowest BCUT2D eigenvalue weighted by Gasteiger charge is -2.16. The number of Topliss-reactive ketones (excluding diaryl/α,β-unsaturated/α-hetero) is 1. The van der Waals surface area contributed by atoms with Crippen LogP contribution in [0, 0.1) is 5.41 Å². The SMILES string of the molecule is CC(C)(C)CC(=O)c1ccc(C(=O)NO)cc1. The monoisotopic (exact) mass is 235 g/mol. The smallest absolute Gasteiger partial charge is 0.274 e. The molecule has 92 valence electrons. The van der Waals surface area contributed by atoms with Gasteiger partial charge in [-0.15, -0.1) is 0 Å². The predicted molar refractivity (Wildman–Crippen MR) is 64.1 cm³/mol. The molecule has 0 aliphatic carbocycles. The number of carbonyl (C=O) groups is 2. The minimum Gasteiger partial charge on any atom is -0.294 e. The zero-order valence-corrected chi connectivity index (χ0v) is 10.3. The van der Waals surface area contributed by atoms with E-state index >= 15 is 0 Å². The van der Waals surface area contributed by atoms with Crippen molar-refractivity contribution in [2.24, 2.45) is 5.41 Å². The summed E-state index contributed by atoms with van der Waals surface area (Å²) in [6.07, 6.45) is 0.457. The maximum absolute atomic E-state index is 11.9. The van der Waals surface area contributed by atoms with Crippen LogP contribution in [0.25, 0.3) is 0 Å². The van der Waals surface area contributed by atoms with Gasteiger partial charge in [0.15, 0.2) is 5.78 Å². The third kappa shape index (κ3) is 4.00. The lowest BCUT2D eigenvalue weighted by molar-refractivity contribution is 0.0706. The maximum Gasteiger partial charge on any atom is 0.274 e. The molecule has 1 aromatic carbocycles. The predicted octanol–water partition coefficient (Wildman–Crippen LogP) is 2.42. The van der Waals surface area contributed by atoms with Crippen LogP contribution in [-0.2, 0) is 0 Å². The van der Waals surface area contributed by atoms with Gasteiger partial charge in [-0.3, -0.25) is 14.8 Å². The second-order valence-corrected chi connectivity index (χ2v) is 5.18. The molecule has 0 saturated carbocycles. The van der Waals surface area contributed by atoms with Crippen LogP contribution in [-0.4, -0.2) is 16.9 Å². The van der Waals surface area contributed by atoms with Crippen molar-refractivity contribution in [3.8, 4) is 0 Å². The first-order chi connectivity index (χ1) is 7.83. The van der Waals surface area contributed by atoms with E-state index in [0.717, 1.165) is 0 Å². The molecule has 0 aromatic heterocycles. The Kier molecular flexibility index (Phi) is 4.02. The molecule has 17 heavy (non-hydrogen) atoms. The number of hydrogen-bond donors (Lipinski definition) is 2. The van der Waals surface area contributed by atoms with E-state index in [0.29, 0.717) is 17.5 Å². The van der Waals surface area contributed by atoms with E-state index in [1.54, 1.807) is 17.6 Å². The summed E-state index contributed by atoms with van der Waals surface area (Å²) in [5, 5.41) is 8.45. The van der Waals surface area contributed by atoms with Crippen LogP contribution in [0.5, 0.6) is 0 Å². The summed E-state index contributed by atoms with van der Waals surface area (Å²) in [7, 11) is 0.